The summed E-state index contributed by atoms with van der Waals surface area (Å²) in [5, 5.41) is 0.762. The predicted molar refractivity (Wildman–Crippen MR) is 114 cm³/mol. The number of hydrogen-bond donors (Lipinski definition) is 1. The molecular weight excluding hydrogens is 380 g/mol. The SMILES string of the molecule is O=C(c1cc(=O)[nH]c2ccccc12)N1CCC(Cn2cnc(C3CC3)cc2=O)CC1. The molecule has 1 saturated heterocycles. The van der Waals surface area contributed by atoms with Crippen LogP contribution >= 0.6 is 0 Å². The molecule has 0 bridgehead atoms. The molecule has 3 heterocycles. The number of likely N-dealkylation sites (tertiary alicyclic amines) is 1. The van der Waals surface area contributed by atoms with Gasteiger partial charge in [-0.15, -0.1) is 0 Å². The zero-order valence-corrected chi connectivity index (χ0v) is 16.7. The lowest BCUT2D eigenvalue weighted by Crippen LogP contribution is -2.40. The van der Waals surface area contributed by atoms with Gasteiger partial charge in [-0.3, -0.25) is 19.0 Å². The van der Waals surface area contributed by atoms with Crippen LogP contribution in [0.5, 0.6) is 0 Å². The third-order valence-corrected chi connectivity index (χ3v) is 6.23. The van der Waals surface area contributed by atoms with E-state index in [1.54, 1.807) is 23.0 Å². The van der Waals surface area contributed by atoms with Crippen molar-refractivity contribution in [1.29, 1.82) is 0 Å². The molecule has 30 heavy (non-hydrogen) atoms. The van der Waals surface area contributed by atoms with Gasteiger partial charge in [-0.2, -0.15) is 0 Å². The minimum absolute atomic E-state index is 0.0142. The number of aromatic amines is 1. The molecule has 7 nitrogen and oxygen atoms in total. The fourth-order valence-electron chi connectivity index (χ4n) is 4.33. The smallest absolute Gasteiger partial charge is 0.254 e. The number of para-hydroxylation sites is 1. The Labute approximate surface area is 173 Å². The minimum Gasteiger partial charge on any atom is -0.339 e. The van der Waals surface area contributed by atoms with E-state index >= 15 is 0 Å². The Morgan fingerprint density at radius 2 is 1.83 bits per heavy atom. The van der Waals surface area contributed by atoms with E-state index in [2.05, 4.69) is 9.97 Å². The Balaban J connectivity index is 1.27. The normalized spacial score (nSPS) is 17.4. The van der Waals surface area contributed by atoms with Crippen LogP contribution in [-0.4, -0.2) is 38.4 Å². The van der Waals surface area contributed by atoms with E-state index in [-0.39, 0.29) is 17.0 Å². The number of H-pyrrole nitrogens is 1. The van der Waals surface area contributed by atoms with Gasteiger partial charge in [-0.25, -0.2) is 4.98 Å². The van der Waals surface area contributed by atoms with E-state index in [0.29, 0.717) is 42.6 Å². The minimum atomic E-state index is -0.270. The summed E-state index contributed by atoms with van der Waals surface area (Å²) in [6.45, 7) is 1.87. The fraction of sp³-hybridized carbons (Fsp3) is 0.391. The fourth-order valence-corrected chi connectivity index (χ4v) is 4.33. The maximum Gasteiger partial charge on any atom is 0.254 e. The van der Waals surface area contributed by atoms with E-state index in [0.717, 1.165) is 36.8 Å². The number of nitrogens with zero attached hydrogens (tertiary/aromatic N) is 3. The lowest BCUT2D eigenvalue weighted by atomic mass is 9.96. The van der Waals surface area contributed by atoms with Crippen LogP contribution in [0.1, 0.15) is 47.7 Å². The standard InChI is InChI=1S/C23H24N4O3/c28-21-11-18(17-3-1-2-4-19(17)25-21)23(30)26-9-7-15(8-10-26)13-27-14-24-20(12-22(27)29)16-5-6-16/h1-4,11-12,14-16H,5-10,13H2,(H,25,28). The average molecular weight is 404 g/mol. The summed E-state index contributed by atoms with van der Waals surface area (Å²) in [5.41, 5.74) is 1.78. The van der Waals surface area contributed by atoms with E-state index in [4.69, 9.17) is 0 Å². The number of aromatic nitrogens is 3. The molecule has 2 aromatic heterocycles. The van der Waals surface area contributed by atoms with Gasteiger partial charge < -0.3 is 9.88 Å². The van der Waals surface area contributed by atoms with Crippen LogP contribution in [0.25, 0.3) is 10.9 Å². The predicted octanol–water partition coefficient (Wildman–Crippen LogP) is 2.51. The maximum absolute atomic E-state index is 13.1. The van der Waals surface area contributed by atoms with Gasteiger partial charge in [0.1, 0.15) is 0 Å². The average Bonchev–Trinajstić information content (AvgIpc) is 3.60. The highest BCUT2D eigenvalue weighted by atomic mass is 16.2. The van der Waals surface area contributed by atoms with E-state index in [9.17, 15) is 14.4 Å². The highest BCUT2D eigenvalue weighted by molar-refractivity contribution is 6.05. The van der Waals surface area contributed by atoms with Gasteiger partial charge in [-0.05, 0) is 37.7 Å². The molecular formula is C23H24N4O3. The van der Waals surface area contributed by atoms with Gasteiger partial charge in [0, 0.05) is 48.6 Å². The first-order valence-corrected chi connectivity index (χ1v) is 10.6. The molecule has 1 N–H and O–H groups in total. The maximum atomic E-state index is 13.1. The lowest BCUT2D eigenvalue weighted by molar-refractivity contribution is 0.0684. The van der Waals surface area contributed by atoms with Crippen LogP contribution < -0.4 is 11.1 Å². The summed E-state index contributed by atoms with van der Waals surface area (Å²) >= 11 is 0. The van der Waals surface area contributed by atoms with Crippen LogP contribution in [0.3, 0.4) is 0 Å². The third-order valence-electron chi connectivity index (χ3n) is 6.23. The largest absolute Gasteiger partial charge is 0.339 e. The number of carbonyl (C=O) groups is 1. The monoisotopic (exact) mass is 404 g/mol. The number of benzene rings is 1. The number of carbonyl (C=O) groups excluding carboxylic acids is 1. The quantitative estimate of drug-likeness (QED) is 0.724. The van der Waals surface area contributed by atoms with Crippen molar-refractivity contribution in [3.63, 3.8) is 0 Å². The first-order chi connectivity index (χ1) is 14.6. The molecule has 2 fully saturated rings. The highest BCUT2D eigenvalue weighted by Crippen LogP contribution is 2.38. The molecule has 0 atom stereocenters. The second kappa shape index (κ2) is 7.55. The highest BCUT2D eigenvalue weighted by Gasteiger charge is 2.27. The van der Waals surface area contributed by atoms with Gasteiger partial charge in [0.2, 0.25) is 5.56 Å². The van der Waals surface area contributed by atoms with Gasteiger partial charge >= 0.3 is 0 Å². The Bertz CT molecular complexity index is 1220. The molecule has 3 aromatic rings. The van der Waals surface area contributed by atoms with Crippen molar-refractivity contribution < 1.29 is 4.79 Å². The number of piperidine rings is 1. The molecule has 1 amide bonds. The number of fused-ring (bicyclic) bond motifs is 1. The molecule has 2 aliphatic rings. The molecule has 1 aliphatic heterocycles. The molecule has 0 spiro atoms. The Morgan fingerprint density at radius 3 is 2.57 bits per heavy atom. The van der Waals surface area contributed by atoms with Crippen molar-refractivity contribution in [2.45, 2.75) is 38.1 Å². The van der Waals surface area contributed by atoms with Crippen molar-refractivity contribution in [1.82, 2.24) is 19.4 Å². The summed E-state index contributed by atoms with van der Waals surface area (Å²) < 4.78 is 1.69. The van der Waals surface area contributed by atoms with Gasteiger partial charge in [0.15, 0.2) is 0 Å². The number of amides is 1. The van der Waals surface area contributed by atoms with Crippen LogP contribution in [0.15, 0.2) is 52.3 Å². The summed E-state index contributed by atoms with van der Waals surface area (Å²) in [7, 11) is 0. The summed E-state index contributed by atoms with van der Waals surface area (Å²) in [5.74, 6) is 0.697. The van der Waals surface area contributed by atoms with Crippen LogP contribution in [-0.2, 0) is 6.54 Å². The molecule has 0 unspecified atom stereocenters. The molecule has 5 rings (SSSR count). The van der Waals surface area contributed by atoms with Crippen LogP contribution in [0, 0.1) is 5.92 Å². The van der Waals surface area contributed by atoms with Crippen molar-refractivity contribution in [3.05, 3.63) is 74.7 Å². The lowest BCUT2D eigenvalue weighted by Gasteiger charge is -2.32. The molecule has 1 saturated carbocycles. The van der Waals surface area contributed by atoms with E-state index in [1.165, 1.54) is 6.07 Å². The first-order valence-electron chi connectivity index (χ1n) is 10.6. The molecule has 0 radical (unpaired) electrons. The molecule has 1 aromatic carbocycles. The number of nitrogens with one attached hydrogen (secondary N) is 1. The number of hydrogen-bond acceptors (Lipinski definition) is 4. The molecule has 7 heteroatoms. The third kappa shape index (κ3) is 3.67. The van der Waals surface area contributed by atoms with E-state index < -0.39 is 0 Å². The molecule has 1 aliphatic carbocycles. The van der Waals surface area contributed by atoms with Gasteiger partial charge in [-0.1, -0.05) is 18.2 Å². The van der Waals surface area contributed by atoms with Crippen LogP contribution in [0.2, 0.25) is 0 Å². The van der Waals surface area contributed by atoms with Crippen molar-refractivity contribution >= 4 is 16.8 Å². The topological polar surface area (TPSA) is 88.1 Å². The number of rotatable bonds is 4. The summed E-state index contributed by atoms with van der Waals surface area (Å²) in [6.07, 6.45) is 5.58. The zero-order valence-electron chi connectivity index (χ0n) is 16.7. The van der Waals surface area contributed by atoms with Crippen molar-refractivity contribution in [3.8, 4) is 0 Å². The zero-order chi connectivity index (χ0) is 20.7. The Hall–Kier alpha value is -3.22. The Kier molecular flexibility index (Phi) is 4.73. The van der Waals surface area contributed by atoms with Gasteiger partial charge in [0.05, 0.1) is 17.6 Å². The Morgan fingerprint density at radius 1 is 1.07 bits per heavy atom. The van der Waals surface area contributed by atoms with Gasteiger partial charge in [0.25, 0.3) is 11.5 Å². The van der Waals surface area contributed by atoms with Crippen molar-refractivity contribution in [2.24, 2.45) is 5.92 Å². The first kappa shape index (κ1) is 18.8. The summed E-state index contributed by atoms with van der Waals surface area (Å²) in [6, 6.07) is 10.4. The van der Waals surface area contributed by atoms with Crippen LogP contribution in [0.4, 0.5) is 0 Å². The van der Waals surface area contributed by atoms with Crippen molar-refractivity contribution in [2.75, 3.05) is 13.1 Å². The second-order valence-corrected chi connectivity index (χ2v) is 8.41. The summed E-state index contributed by atoms with van der Waals surface area (Å²) in [4.78, 5) is 46.5. The molecule has 154 valence electrons. The number of pyridine rings is 1. The second-order valence-electron chi connectivity index (χ2n) is 8.41. The van der Waals surface area contributed by atoms with E-state index in [1.807, 2.05) is 23.1 Å².